The molecular weight excluding hydrogens is 456 g/mol. The van der Waals surface area contributed by atoms with E-state index in [2.05, 4.69) is 12.6 Å². The Labute approximate surface area is 211 Å². The predicted octanol–water partition coefficient (Wildman–Crippen LogP) is 2.67. The van der Waals surface area contributed by atoms with Crippen molar-refractivity contribution in [2.75, 3.05) is 99.1 Å². The van der Waals surface area contributed by atoms with Crippen LogP contribution in [0.15, 0.2) is 12.7 Å². The Hall–Kier alpha value is -1.60. The van der Waals surface area contributed by atoms with Crippen LogP contribution in [0.3, 0.4) is 0 Å². The van der Waals surface area contributed by atoms with E-state index in [0.29, 0.717) is 112 Å². The molecule has 0 aromatic heterocycles. The molecule has 10 nitrogen and oxygen atoms in total. The van der Waals surface area contributed by atoms with Crippen LogP contribution >= 0.6 is 0 Å². The molecule has 0 heterocycles. The second kappa shape index (κ2) is 30.4. The Morgan fingerprint density at radius 1 is 0.543 bits per heavy atom. The molecule has 202 valence electrons. The van der Waals surface area contributed by atoms with Gasteiger partial charge in [-0.3, -0.25) is 0 Å². The van der Waals surface area contributed by atoms with Crippen LogP contribution < -0.4 is 0 Å². The van der Waals surface area contributed by atoms with Crippen molar-refractivity contribution in [2.45, 2.75) is 38.2 Å². The van der Waals surface area contributed by atoms with Crippen LogP contribution in [-0.4, -0.2) is 105 Å². The van der Waals surface area contributed by atoms with Crippen LogP contribution in [0.4, 0.5) is 0 Å². The molecule has 1 atom stereocenters. The summed E-state index contributed by atoms with van der Waals surface area (Å²) in [6.07, 6.45) is 5.42. The van der Waals surface area contributed by atoms with Crippen LogP contribution in [0.25, 0.3) is 0 Å². The van der Waals surface area contributed by atoms with Crippen molar-refractivity contribution in [3.05, 3.63) is 12.7 Å². The van der Waals surface area contributed by atoms with Crippen molar-refractivity contribution >= 4 is 0 Å². The molecule has 0 aliphatic carbocycles. The number of nitrogens with zero attached hydrogens (tertiary/aromatic N) is 2. The van der Waals surface area contributed by atoms with Gasteiger partial charge in [-0.25, -0.2) is 0 Å². The maximum Gasteiger partial charge on any atom is 0.104 e. The maximum absolute atomic E-state index is 8.48. The van der Waals surface area contributed by atoms with E-state index in [1.54, 1.807) is 6.08 Å². The number of hydrogen-bond acceptors (Lipinski definition) is 10. The van der Waals surface area contributed by atoms with E-state index in [4.69, 9.17) is 48.4 Å². The topological polar surface area (TPSA) is 121 Å². The Morgan fingerprint density at radius 2 is 1.06 bits per heavy atom. The van der Waals surface area contributed by atoms with Crippen molar-refractivity contribution in [3.63, 3.8) is 0 Å². The number of rotatable bonds is 29. The molecule has 0 N–H and O–H groups in total. The van der Waals surface area contributed by atoms with Crippen molar-refractivity contribution in [1.29, 1.82) is 10.5 Å². The first kappa shape index (κ1) is 33.4. The van der Waals surface area contributed by atoms with Gasteiger partial charge in [0.05, 0.1) is 111 Å². The molecule has 1 unspecified atom stereocenters. The third-order valence-electron chi connectivity index (χ3n) is 4.35. The fourth-order valence-electron chi connectivity index (χ4n) is 2.60. The van der Waals surface area contributed by atoms with Gasteiger partial charge >= 0.3 is 0 Å². The summed E-state index contributed by atoms with van der Waals surface area (Å²) < 4.78 is 44.0. The standard InChI is InChI=1S/C25H44N2O8/c1-2-10-33-23-25(35-22-21-32-18-17-30-16-14-29-12-7-9-27)24-34-20-19-31-15-13-28-11-6-4-3-5-8-26/h2,25H,1,3-7,10-24H2. The van der Waals surface area contributed by atoms with E-state index in [-0.39, 0.29) is 6.10 Å². The number of nitriles is 2. The molecule has 35 heavy (non-hydrogen) atoms. The highest BCUT2D eigenvalue weighted by Gasteiger charge is 2.10. The smallest absolute Gasteiger partial charge is 0.104 e. The van der Waals surface area contributed by atoms with Crippen LogP contribution in [-0.2, 0) is 37.9 Å². The van der Waals surface area contributed by atoms with Gasteiger partial charge in [0.25, 0.3) is 0 Å². The van der Waals surface area contributed by atoms with Crippen molar-refractivity contribution < 1.29 is 37.9 Å². The summed E-state index contributed by atoms with van der Waals surface area (Å²) in [5, 5.41) is 16.9. The van der Waals surface area contributed by atoms with E-state index in [9.17, 15) is 0 Å². The monoisotopic (exact) mass is 500 g/mol. The fraction of sp³-hybridized carbons (Fsp3) is 0.840. The SMILES string of the molecule is C=CCOCC(COCCOCCOCCCCCC#N)OCCOCCOCCOCCC#N. The first-order chi connectivity index (χ1) is 17.3. The predicted molar refractivity (Wildman–Crippen MR) is 130 cm³/mol. The maximum atomic E-state index is 8.48. The van der Waals surface area contributed by atoms with Crippen LogP contribution in [0.1, 0.15) is 32.1 Å². The van der Waals surface area contributed by atoms with Crippen molar-refractivity contribution in [2.24, 2.45) is 0 Å². The normalized spacial score (nSPS) is 11.7. The molecule has 10 heteroatoms. The average Bonchev–Trinajstić information content (AvgIpc) is 2.87. The summed E-state index contributed by atoms with van der Waals surface area (Å²) in [6.45, 7) is 10.8. The van der Waals surface area contributed by atoms with Gasteiger partial charge in [0, 0.05) is 13.0 Å². The van der Waals surface area contributed by atoms with E-state index >= 15 is 0 Å². The molecule has 0 rings (SSSR count). The molecule has 0 bridgehead atoms. The van der Waals surface area contributed by atoms with Crippen LogP contribution in [0.5, 0.6) is 0 Å². The highest BCUT2D eigenvalue weighted by molar-refractivity contribution is 4.68. The molecule has 0 radical (unpaired) electrons. The summed E-state index contributed by atoms with van der Waals surface area (Å²) in [6, 6.07) is 4.16. The summed E-state index contributed by atoms with van der Waals surface area (Å²) in [4.78, 5) is 0. The van der Waals surface area contributed by atoms with Crippen LogP contribution in [0.2, 0.25) is 0 Å². The summed E-state index contributed by atoms with van der Waals surface area (Å²) in [5.41, 5.74) is 0. The zero-order valence-corrected chi connectivity index (χ0v) is 21.2. The zero-order chi connectivity index (χ0) is 25.5. The minimum Gasteiger partial charge on any atom is -0.379 e. The molecule has 0 aliphatic rings. The van der Waals surface area contributed by atoms with Crippen molar-refractivity contribution in [1.82, 2.24) is 0 Å². The van der Waals surface area contributed by atoms with E-state index in [0.717, 1.165) is 19.3 Å². The highest BCUT2D eigenvalue weighted by atomic mass is 16.6. The highest BCUT2D eigenvalue weighted by Crippen LogP contribution is 1.99. The van der Waals surface area contributed by atoms with Gasteiger partial charge in [-0.15, -0.1) is 6.58 Å². The molecule has 0 aromatic carbocycles. The number of unbranched alkanes of at least 4 members (excludes halogenated alkanes) is 3. The summed E-state index contributed by atoms with van der Waals surface area (Å²) in [7, 11) is 0. The zero-order valence-electron chi connectivity index (χ0n) is 21.2. The lowest BCUT2D eigenvalue weighted by molar-refractivity contribution is -0.0795. The molecule has 0 amide bonds. The first-order valence-corrected chi connectivity index (χ1v) is 12.4. The summed E-state index contributed by atoms with van der Waals surface area (Å²) >= 11 is 0. The lowest BCUT2D eigenvalue weighted by atomic mass is 10.2. The van der Waals surface area contributed by atoms with Gasteiger partial charge in [0.15, 0.2) is 0 Å². The third-order valence-corrected chi connectivity index (χ3v) is 4.35. The first-order valence-electron chi connectivity index (χ1n) is 12.4. The average molecular weight is 501 g/mol. The minimum absolute atomic E-state index is 0.204. The second-order valence-corrected chi connectivity index (χ2v) is 7.33. The number of hydrogen-bond donors (Lipinski definition) is 0. The number of ether oxygens (including phenoxy) is 8. The minimum atomic E-state index is -0.204. The van der Waals surface area contributed by atoms with E-state index < -0.39 is 0 Å². The van der Waals surface area contributed by atoms with Gasteiger partial charge in [-0.1, -0.05) is 12.5 Å². The Morgan fingerprint density at radius 3 is 1.66 bits per heavy atom. The quantitative estimate of drug-likeness (QED) is 0.112. The molecule has 0 aliphatic heterocycles. The van der Waals surface area contributed by atoms with E-state index in [1.165, 1.54) is 0 Å². The Bertz CT molecular complexity index is 525. The van der Waals surface area contributed by atoms with Gasteiger partial charge in [0.1, 0.15) is 6.10 Å². The summed E-state index contributed by atoms with van der Waals surface area (Å²) in [5.74, 6) is 0. The Balaban J connectivity index is 3.60. The molecule has 0 saturated heterocycles. The Kier molecular flexibility index (Phi) is 29.0. The van der Waals surface area contributed by atoms with Gasteiger partial charge in [-0.05, 0) is 12.8 Å². The fourth-order valence-corrected chi connectivity index (χ4v) is 2.60. The second-order valence-electron chi connectivity index (χ2n) is 7.33. The molecule has 0 saturated carbocycles. The van der Waals surface area contributed by atoms with Gasteiger partial charge in [-0.2, -0.15) is 10.5 Å². The molecular formula is C25H44N2O8. The van der Waals surface area contributed by atoms with Crippen molar-refractivity contribution in [3.8, 4) is 12.1 Å². The largest absolute Gasteiger partial charge is 0.379 e. The lowest BCUT2D eigenvalue weighted by Gasteiger charge is -2.18. The third kappa shape index (κ3) is 28.5. The lowest BCUT2D eigenvalue weighted by Crippen LogP contribution is -2.28. The van der Waals surface area contributed by atoms with Gasteiger partial charge in [0.2, 0.25) is 0 Å². The molecule has 0 aromatic rings. The van der Waals surface area contributed by atoms with Crippen LogP contribution in [0, 0.1) is 22.7 Å². The van der Waals surface area contributed by atoms with E-state index in [1.807, 2.05) is 6.07 Å². The van der Waals surface area contributed by atoms with Gasteiger partial charge < -0.3 is 37.9 Å². The molecule has 0 fully saturated rings. The molecule has 0 spiro atoms.